The molecule has 0 saturated carbocycles. The van der Waals surface area contributed by atoms with Crippen molar-refractivity contribution in [3.8, 4) is 0 Å². The highest BCUT2D eigenvalue weighted by Gasteiger charge is 2.26. The summed E-state index contributed by atoms with van der Waals surface area (Å²) >= 11 is 0. The van der Waals surface area contributed by atoms with E-state index in [2.05, 4.69) is 34.6 Å². The molecule has 24 heavy (non-hydrogen) atoms. The van der Waals surface area contributed by atoms with Crippen LogP contribution in [0.25, 0.3) is 0 Å². The SMILES string of the molecule is CCC(O)C(C)C(CC)OCC(C)C[C@@H](C)C(O)C(C)CC(C)N. The van der Waals surface area contributed by atoms with Gasteiger partial charge in [-0.15, -0.1) is 0 Å². The standard InChI is InChI=1S/C20H43NO3/c1-8-18(22)17(7)19(9-2)24-12-13(3)10-14(4)20(23)15(5)11-16(6)21/h13-20,22-23H,8-12,21H2,1-7H3/t13?,14-,15?,16?,17?,18?,19?,20?/m1/s1. The Labute approximate surface area is 150 Å². The zero-order chi connectivity index (χ0) is 18.9. The van der Waals surface area contributed by atoms with Crippen molar-refractivity contribution in [1.82, 2.24) is 0 Å². The first-order chi connectivity index (χ1) is 11.1. The molecule has 4 nitrogen and oxygen atoms in total. The third-order valence-corrected chi connectivity index (χ3v) is 5.29. The number of ether oxygens (including phenoxy) is 1. The van der Waals surface area contributed by atoms with Gasteiger partial charge in [0.05, 0.1) is 18.3 Å². The lowest BCUT2D eigenvalue weighted by Gasteiger charge is -2.30. The molecule has 4 N–H and O–H groups in total. The van der Waals surface area contributed by atoms with Crippen molar-refractivity contribution < 1.29 is 14.9 Å². The minimum Gasteiger partial charge on any atom is -0.393 e. The topological polar surface area (TPSA) is 75.7 Å². The van der Waals surface area contributed by atoms with Crippen LogP contribution in [0.4, 0.5) is 0 Å². The van der Waals surface area contributed by atoms with Crippen molar-refractivity contribution in [3.63, 3.8) is 0 Å². The van der Waals surface area contributed by atoms with Crippen LogP contribution < -0.4 is 5.73 Å². The fourth-order valence-electron chi connectivity index (χ4n) is 3.68. The number of rotatable bonds is 13. The van der Waals surface area contributed by atoms with Gasteiger partial charge in [-0.2, -0.15) is 0 Å². The normalized spacial score (nSPS) is 22.2. The van der Waals surface area contributed by atoms with Crippen molar-refractivity contribution in [1.29, 1.82) is 0 Å². The smallest absolute Gasteiger partial charge is 0.0622 e. The van der Waals surface area contributed by atoms with Gasteiger partial charge in [0.1, 0.15) is 0 Å². The van der Waals surface area contributed by atoms with E-state index in [9.17, 15) is 10.2 Å². The largest absolute Gasteiger partial charge is 0.393 e. The number of hydrogen-bond donors (Lipinski definition) is 3. The molecule has 7 unspecified atom stereocenters. The van der Waals surface area contributed by atoms with Gasteiger partial charge in [0.2, 0.25) is 0 Å². The molecule has 4 heteroatoms. The fraction of sp³-hybridized carbons (Fsp3) is 1.00. The second kappa shape index (κ2) is 12.2. The summed E-state index contributed by atoms with van der Waals surface area (Å²) in [4.78, 5) is 0. The summed E-state index contributed by atoms with van der Waals surface area (Å²) in [5, 5.41) is 20.5. The average Bonchev–Trinajstić information content (AvgIpc) is 2.52. The lowest BCUT2D eigenvalue weighted by atomic mass is 9.84. The minimum absolute atomic E-state index is 0.0969. The van der Waals surface area contributed by atoms with E-state index in [1.165, 1.54) is 0 Å². The van der Waals surface area contributed by atoms with Crippen LogP contribution in [0, 0.1) is 23.7 Å². The van der Waals surface area contributed by atoms with Crippen LogP contribution in [-0.2, 0) is 4.74 Å². The Bertz CT molecular complexity index is 311. The van der Waals surface area contributed by atoms with E-state index >= 15 is 0 Å². The Hall–Kier alpha value is -0.160. The van der Waals surface area contributed by atoms with E-state index in [0.717, 1.165) is 25.7 Å². The summed E-state index contributed by atoms with van der Waals surface area (Å²) in [7, 11) is 0. The lowest BCUT2D eigenvalue weighted by molar-refractivity contribution is -0.0476. The van der Waals surface area contributed by atoms with Gasteiger partial charge in [-0.1, -0.05) is 41.5 Å². The Morgan fingerprint density at radius 2 is 1.42 bits per heavy atom. The molecular weight excluding hydrogens is 302 g/mol. The van der Waals surface area contributed by atoms with Gasteiger partial charge >= 0.3 is 0 Å². The van der Waals surface area contributed by atoms with Crippen molar-refractivity contribution in [2.75, 3.05) is 6.61 Å². The van der Waals surface area contributed by atoms with Crippen LogP contribution in [-0.4, -0.2) is 41.2 Å². The highest BCUT2D eigenvalue weighted by molar-refractivity contribution is 4.76. The van der Waals surface area contributed by atoms with Crippen LogP contribution in [0.1, 0.15) is 74.1 Å². The molecule has 0 radical (unpaired) electrons. The highest BCUT2D eigenvalue weighted by atomic mass is 16.5. The van der Waals surface area contributed by atoms with E-state index < -0.39 is 0 Å². The average molecular weight is 346 g/mol. The van der Waals surface area contributed by atoms with Crippen LogP contribution in [0.3, 0.4) is 0 Å². The van der Waals surface area contributed by atoms with E-state index in [1.54, 1.807) is 0 Å². The lowest BCUT2D eigenvalue weighted by Crippen LogP contribution is -2.33. The van der Waals surface area contributed by atoms with Gasteiger partial charge in [-0.05, 0) is 50.4 Å². The van der Waals surface area contributed by atoms with E-state index in [0.29, 0.717) is 12.5 Å². The molecular formula is C20H43NO3. The molecule has 0 amide bonds. The van der Waals surface area contributed by atoms with Gasteiger partial charge in [0, 0.05) is 18.6 Å². The number of nitrogens with two attached hydrogens (primary N) is 1. The zero-order valence-electron chi connectivity index (χ0n) is 17.0. The van der Waals surface area contributed by atoms with Crippen LogP contribution >= 0.6 is 0 Å². The van der Waals surface area contributed by atoms with Crippen LogP contribution in [0.15, 0.2) is 0 Å². The first-order valence-corrected chi connectivity index (χ1v) is 9.87. The quantitative estimate of drug-likeness (QED) is 0.477. The molecule has 0 aliphatic heterocycles. The first kappa shape index (κ1) is 23.8. The summed E-state index contributed by atoms with van der Waals surface area (Å²) in [6, 6.07) is 0.124. The van der Waals surface area contributed by atoms with Crippen molar-refractivity contribution in [2.24, 2.45) is 29.4 Å². The van der Waals surface area contributed by atoms with Crippen LogP contribution in [0.5, 0.6) is 0 Å². The maximum atomic E-state index is 10.5. The van der Waals surface area contributed by atoms with E-state index in [4.69, 9.17) is 10.5 Å². The molecule has 0 fully saturated rings. The highest BCUT2D eigenvalue weighted by Crippen LogP contribution is 2.24. The van der Waals surface area contributed by atoms with E-state index in [-0.39, 0.29) is 42.1 Å². The second-order valence-electron chi connectivity index (χ2n) is 8.11. The third-order valence-electron chi connectivity index (χ3n) is 5.29. The molecule has 146 valence electrons. The Morgan fingerprint density at radius 3 is 1.88 bits per heavy atom. The zero-order valence-corrected chi connectivity index (χ0v) is 17.0. The molecule has 0 rings (SSSR count). The molecule has 0 aromatic heterocycles. The summed E-state index contributed by atoms with van der Waals surface area (Å²) in [6.45, 7) is 15.2. The number of aliphatic hydroxyl groups excluding tert-OH is 2. The maximum Gasteiger partial charge on any atom is 0.0622 e. The molecule has 0 heterocycles. The maximum absolute atomic E-state index is 10.5. The Kier molecular flexibility index (Phi) is 12.2. The molecule has 0 aromatic carbocycles. The fourth-order valence-corrected chi connectivity index (χ4v) is 3.68. The van der Waals surface area contributed by atoms with Gasteiger partial charge in [-0.25, -0.2) is 0 Å². The van der Waals surface area contributed by atoms with Crippen molar-refractivity contribution in [2.45, 2.75) is 98.5 Å². The van der Waals surface area contributed by atoms with Gasteiger partial charge in [0.25, 0.3) is 0 Å². The second-order valence-corrected chi connectivity index (χ2v) is 8.11. The first-order valence-electron chi connectivity index (χ1n) is 9.87. The molecule has 8 atom stereocenters. The number of aliphatic hydroxyl groups is 2. The summed E-state index contributed by atoms with van der Waals surface area (Å²) in [5.74, 6) is 0.991. The van der Waals surface area contributed by atoms with Crippen molar-refractivity contribution >= 4 is 0 Å². The summed E-state index contributed by atoms with van der Waals surface area (Å²) < 4.78 is 6.08. The minimum atomic E-state index is -0.318. The van der Waals surface area contributed by atoms with Gasteiger partial charge in [-0.3, -0.25) is 0 Å². The molecule has 0 spiro atoms. The molecule has 0 aliphatic carbocycles. The molecule has 0 aromatic rings. The van der Waals surface area contributed by atoms with Gasteiger partial charge in [0.15, 0.2) is 0 Å². The molecule has 0 aliphatic rings. The Balaban J connectivity index is 4.34. The summed E-state index contributed by atoms with van der Waals surface area (Å²) in [6.07, 6.45) is 2.93. The number of hydrogen-bond acceptors (Lipinski definition) is 4. The summed E-state index contributed by atoms with van der Waals surface area (Å²) in [5.41, 5.74) is 5.84. The van der Waals surface area contributed by atoms with Gasteiger partial charge < -0.3 is 20.7 Å². The predicted molar refractivity (Wildman–Crippen MR) is 102 cm³/mol. The van der Waals surface area contributed by atoms with Crippen LogP contribution in [0.2, 0.25) is 0 Å². The predicted octanol–water partition coefficient (Wildman–Crippen LogP) is 3.59. The van der Waals surface area contributed by atoms with E-state index in [1.807, 2.05) is 13.8 Å². The molecule has 0 bridgehead atoms. The monoisotopic (exact) mass is 345 g/mol. The molecule has 0 saturated heterocycles. The third kappa shape index (κ3) is 8.80. The Morgan fingerprint density at radius 1 is 0.875 bits per heavy atom. The van der Waals surface area contributed by atoms with Crippen molar-refractivity contribution in [3.05, 3.63) is 0 Å².